The maximum atomic E-state index is 12.4. The Balaban J connectivity index is 3.05. The van der Waals surface area contributed by atoms with Crippen LogP contribution in [0.2, 0.25) is 0 Å². The van der Waals surface area contributed by atoms with E-state index in [1.165, 1.54) is 0 Å². The summed E-state index contributed by atoms with van der Waals surface area (Å²) in [6.45, 7) is 0. The third-order valence-corrected chi connectivity index (χ3v) is 1.57. The molecule has 0 amide bonds. The molecule has 0 spiro atoms. The molecule has 0 radical (unpaired) electrons. The Bertz CT molecular complexity index is 265. The van der Waals surface area contributed by atoms with Crippen LogP contribution in [0.15, 0.2) is 12.3 Å². The highest BCUT2D eigenvalue weighted by molar-refractivity contribution is 6.44. The number of alkyl halides is 2. The minimum Gasteiger partial charge on any atom is -0.225 e. The van der Waals surface area contributed by atoms with Crippen molar-refractivity contribution in [2.75, 3.05) is 0 Å². The van der Waals surface area contributed by atoms with Crippen LogP contribution in [0.4, 0.5) is 8.78 Å². The molecule has 0 bridgehead atoms. The summed E-state index contributed by atoms with van der Waals surface area (Å²) in [4.78, 5) is 2.21. The Hall–Kier alpha value is -0.410. The van der Waals surface area contributed by atoms with Crippen LogP contribution in [-0.4, -0.2) is 4.98 Å². The molecule has 0 N–H and O–H groups in total. The van der Waals surface area contributed by atoms with Crippen LogP contribution in [0.1, 0.15) is 10.4 Å². The van der Waals surface area contributed by atoms with E-state index in [1.54, 1.807) is 0 Å². The van der Waals surface area contributed by atoms with Crippen LogP contribution in [0.3, 0.4) is 0 Å². The molecule has 0 saturated heterocycles. The molecule has 1 aromatic rings. The number of halogens is 4. The molecule has 0 fully saturated rings. The van der Waals surface area contributed by atoms with E-state index in [0.29, 0.717) is 0 Å². The molecule has 0 atom stereocenters. The van der Waals surface area contributed by atoms with Crippen LogP contribution >= 0.6 is 23.2 Å². The molecule has 1 heterocycles. The van der Waals surface area contributed by atoms with Crippen LogP contribution in [0.5, 0.6) is 0 Å². The summed E-state index contributed by atoms with van der Waals surface area (Å²) < 4.78 is 24.6. The Kier molecular flexibility index (Phi) is 2.62. The lowest BCUT2D eigenvalue weighted by Gasteiger charge is -1.99. The fourth-order valence-corrected chi connectivity index (χ4v) is 0.794. The van der Waals surface area contributed by atoms with Crippen molar-refractivity contribution in [3.63, 3.8) is 0 Å². The van der Waals surface area contributed by atoms with Gasteiger partial charge in [-0.25, -0.2) is 9.37 Å². The van der Waals surface area contributed by atoms with Crippen molar-refractivity contribution in [1.82, 2.24) is 4.98 Å². The Labute approximate surface area is 72.0 Å². The lowest BCUT2D eigenvalue weighted by Crippen LogP contribution is -1.92. The Morgan fingerprint density at radius 2 is 2.00 bits per heavy atom. The van der Waals surface area contributed by atoms with Gasteiger partial charge in [0, 0.05) is 11.8 Å². The molecule has 0 aromatic carbocycles. The Morgan fingerprint density at radius 1 is 1.36 bits per heavy atom. The normalized spacial score (nSPS) is 10.6. The first-order valence-electron chi connectivity index (χ1n) is 2.70. The van der Waals surface area contributed by atoms with Gasteiger partial charge in [0.2, 0.25) is 5.95 Å². The molecule has 0 aliphatic carbocycles. The lowest BCUT2D eigenvalue weighted by molar-refractivity contribution is 0.478. The smallest absolute Gasteiger partial charge is 0.225 e. The van der Waals surface area contributed by atoms with Gasteiger partial charge in [0.25, 0.3) is 0 Å². The quantitative estimate of drug-likeness (QED) is 0.499. The summed E-state index contributed by atoms with van der Waals surface area (Å²) in [5.74, 6) is -2.20. The van der Waals surface area contributed by atoms with E-state index in [0.717, 1.165) is 12.3 Å². The number of rotatable bonds is 1. The number of hydrogen-bond donors (Lipinski definition) is 0. The van der Waals surface area contributed by atoms with Crippen molar-refractivity contribution >= 4 is 23.2 Å². The predicted octanol–water partition coefficient (Wildman–Crippen LogP) is 2.84. The maximum absolute atomic E-state index is 12.4. The van der Waals surface area contributed by atoms with Gasteiger partial charge in [-0.1, -0.05) is 0 Å². The van der Waals surface area contributed by atoms with Gasteiger partial charge >= 0.3 is 0 Å². The van der Waals surface area contributed by atoms with Gasteiger partial charge in [-0.15, -0.1) is 23.2 Å². The highest BCUT2D eigenvalue weighted by Gasteiger charge is 2.08. The van der Waals surface area contributed by atoms with Crippen molar-refractivity contribution in [2.45, 2.75) is 4.84 Å². The fourth-order valence-electron chi connectivity index (χ4n) is 0.555. The molecule has 0 unspecified atom stereocenters. The SMILES string of the molecule is Fc1cc(C(Cl)Cl)cnc1F. The minimum absolute atomic E-state index is 0.243. The standard InChI is InChI=1S/C6H3Cl2F2N/c7-5(8)3-1-4(9)6(10)11-2-3/h1-2,5H. The molecule has 11 heavy (non-hydrogen) atoms. The van der Waals surface area contributed by atoms with Crippen molar-refractivity contribution < 1.29 is 8.78 Å². The fraction of sp³-hybridized carbons (Fsp3) is 0.167. The van der Waals surface area contributed by atoms with Gasteiger partial charge in [0.1, 0.15) is 4.84 Å². The highest BCUT2D eigenvalue weighted by Crippen LogP contribution is 2.24. The first kappa shape index (κ1) is 8.68. The lowest BCUT2D eigenvalue weighted by atomic mass is 10.3. The molecule has 1 nitrogen and oxygen atoms in total. The van der Waals surface area contributed by atoms with Gasteiger partial charge in [-0.05, 0) is 6.07 Å². The molecular formula is C6H3Cl2F2N. The van der Waals surface area contributed by atoms with E-state index in [4.69, 9.17) is 23.2 Å². The molecule has 5 heteroatoms. The van der Waals surface area contributed by atoms with Gasteiger partial charge in [0.05, 0.1) is 0 Å². The van der Waals surface area contributed by atoms with Gasteiger partial charge in [0.15, 0.2) is 5.82 Å². The van der Waals surface area contributed by atoms with E-state index in [2.05, 4.69) is 4.98 Å². The first-order chi connectivity index (χ1) is 5.11. The van der Waals surface area contributed by atoms with Gasteiger partial charge in [-0.2, -0.15) is 4.39 Å². The van der Waals surface area contributed by atoms with Crippen LogP contribution in [-0.2, 0) is 0 Å². The first-order valence-corrected chi connectivity index (χ1v) is 3.57. The molecule has 60 valence electrons. The van der Waals surface area contributed by atoms with Crippen LogP contribution in [0.25, 0.3) is 0 Å². The van der Waals surface area contributed by atoms with Crippen LogP contribution in [0, 0.1) is 11.8 Å². The molecule has 0 aliphatic rings. The third-order valence-electron chi connectivity index (χ3n) is 1.07. The maximum Gasteiger partial charge on any atom is 0.248 e. The van der Waals surface area contributed by atoms with E-state index >= 15 is 0 Å². The highest BCUT2D eigenvalue weighted by atomic mass is 35.5. The zero-order chi connectivity index (χ0) is 8.43. The Morgan fingerprint density at radius 3 is 2.45 bits per heavy atom. The molecule has 0 aliphatic heterocycles. The summed E-state index contributed by atoms with van der Waals surface area (Å²) >= 11 is 10.7. The number of aromatic nitrogens is 1. The zero-order valence-electron chi connectivity index (χ0n) is 5.19. The topological polar surface area (TPSA) is 12.9 Å². The number of nitrogens with zero attached hydrogens (tertiary/aromatic N) is 1. The molecule has 1 aromatic heterocycles. The van der Waals surface area contributed by atoms with Crippen molar-refractivity contribution in [3.05, 3.63) is 29.6 Å². The monoisotopic (exact) mass is 197 g/mol. The van der Waals surface area contributed by atoms with Crippen molar-refractivity contribution in [3.8, 4) is 0 Å². The average Bonchev–Trinajstić information content (AvgIpc) is 1.94. The largest absolute Gasteiger partial charge is 0.248 e. The van der Waals surface area contributed by atoms with E-state index < -0.39 is 16.6 Å². The third kappa shape index (κ3) is 2.01. The van der Waals surface area contributed by atoms with E-state index in [9.17, 15) is 8.78 Å². The van der Waals surface area contributed by atoms with Crippen molar-refractivity contribution in [1.29, 1.82) is 0 Å². The second-order valence-corrected chi connectivity index (χ2v) is 2.94. The van der Waals surface area contributed by atoms with Gasteiger partial charge in [-0.3, -0.25) is 0 Å². The summed E-state index contributed by atoms with van der Waals surface area (Å²) in [6.07, 6.45) is 1.09. The predicted molar refractivity (Wildman–Crippen MR) is 38.6 cm³/mol. The molecule has 1 rings (SSSR count). The van der Waals surface area contributed by atoms with Crippen LogP contribution < -0.4 is 0 Å². The summed E-state index contributed by atoms with van der Waals surface area (Å²) in [5, 5.41) is 0. The molecular weight excluding hydrogens is 195 g/mol. The van der Waals surface area contributed by atoms with Gasteiger partial charge < -0.3 is 0 Å². The second kappa shape index (κ2) is 3.32. The second-order valence-electron chi connectivity index (χ2n) is 1.84. The van der Waals surface area contributed by atoms with E-state index in [-0.39, 0.29) is 5.56 Å². The zero-order valence-corrected chi connectivity index (χ0v) is 6.70. The summed E-state index contributed by atoms with van der Waals surface area (Å²) in [7, 11) is 0. The van der Waals surface area contributed by atoms with Crippen molar-refractivity contribution in [2.24, 2.45) is 0 Å². The average molecular weight is 198 g/mol. The number of hydrogen-bond acceptors (Lipinski definition) is 1. The summed E-state index contributed by atoms with van der Waals surface area (Å²) in [6, 6.07) is 0.910. The molecule has 0 saturated carbocycles. The minimum atomic E-state index is -1.15. The van der Waals surface area contributed by atoms with E-state index in [1.807, 2.05) is 0 Å². The number of pyridine rings is 1. The summed E-state index contributed by atoms with van der Waals surface area (Å²) in [5.41, 5.74) is 0.243.